The summed E-state index contributed by atoms with van der Waals surface area (Å²) in [6.07, 6.45) is 0. The van der Waals surface area contributed by atoms with E-state index in [-0.39, 0.29) is 0 Å². The molecule has 0 spiro atoms. The summed E-state index contributed by atoms with van der Waals surface area (Å²) in [4.78, 5) is 15.3. The molecule has 0 N–H and O–H groups in total. The molecule has 0 saturated carbocycles. The van der Waals surface area contributed by atoms with Crippen LogP contribution in [0.4, 0.5) is 0 Å². The van der Waals surface area contributed by atoms with Crippen LogP contribution in [0.25, 0.3) is 106 Å². The van der Waals surface area contributed by atoms with Crippen LogP contribution in [0.5, 0.6) is 0 Å². The first-order valence-electron chi connectivity index (χ1n) is 18.8. The van der Waals surface area contributed by atoms with Gasteiger partial charge in [-0.3, -0.25) is 0 Å². The second-order valence-corrected chi connectivity index (χ2v) is 14.0. The van der Waals surface area contributed by atoms with Crippen molar-refractivity contribution in [3.63, 3.8) is 0 Å². The van der Waals surface area contributed by atoms with Crippen LogP contribution < -0.4 is 0 Å². The first-order chi connectivity index (χ1) is 27.7. The first-order valence-corrected chi connectivity index (χ1v) is 18.8. The van der Waals surface area contributed by atoms with Crippen LogP contribution >= 0.6 is 0 Å². The van der Waals surface area contributed by atoms with Gasteiger partial charge in [-0.1, -0.05) is 146 Å². The van der Waals surface area contributed by atoms with Crippen molar-refractivity contribution in [2.24, 2.45) is 0 Å². The monoisotopic (exact) mass is 716 g/mol. The Morgan fingerprint density at radius 3 is 1.59 bits per heavy atom. The van der Waals surface area contributed by atoms with Gasteiger partial charge in [0.05, 0.1) is 11.0 Å². The molecule has 5 heteroatoms. The van der Waals surface area contributed by atoms with Gasteiger partial charge in [-0.2, -0.15) is 0 Å². The summed E-state index contributed by atoms with van der Waals surface area (Å²) in [5.74, 6) is 1.86. The fourth-order valence-electron chi connectivity index (χ4n) is 7.98. The lowest BCUT2D eigenvalue weighted by molar-refractivity contribution is 0.669. The number of nitrogens with zero attached hydrogens (tertiary/aromatic N) is 4. The van der Waals surface area contributed by atoms with Gasteiger partial charge < -0.3 is 8.98 Å². The molecule has 0 atom stereocenters. The van der Waals surface area contributed by atoms with Crippen molar-refractivity contribution in [1.82, 2.24) is 19.5 Å². The number of rotatable bonds is 6. The third-order valence-electron chi connectivity index (χ3n) is 10.7. The van der Waals surface area contributed by atoms with E-state index in [2.05, 4.69) is 132 Å². The Labute approximate surface area is 322 Å². The van der Waals surface area contributed by atoms with Crippen molar-refractivity contribution in [2.45, 2.75) is 0 Å². The Balaban J connectivity index is 1.14. The highest BCUT2D eigenvalue weighted by Crippen LogP contribution is 2.41. The van der Waals surface area contributed by atoms with E-state index >= 15 is 0 Å². The van der Waals surface area contributed by atoms with Crippen molar-refractivity contribution in [3.8, 4) is 62.1 Å². The molecule has 3 aromatic heterocycles. The fraction of sp³-hybridized carbons (Fsp3) is 0. The van der Waals surface area contributed by atoms with Gasteiger partial charge in [-0.15, -0.1) is 0 Å². The lowest BCUT2D eigenvalue weighted by Gasteiger charge is -2.14. The van der Waals surface area contributed by atoms with E-state index in [1.807, 2.05) is 66.7 Å². The second kappa shape index (κ2) is 13.0. The summed E-state index contributed by atoms with van der Waals surface area (Å²) >= 11 is 0. The zero-order valence-corrected chi connectivity index (χ0v) is 30.2. The molecule has 262 valence electrons. The summed E-state index contributed by atoms with van der Waals surface area (Å²) in [5.41, 5.74) is 12.1. The van der Waals surface area contributed by atoms with E-state index in [9.17, 15) is 0 Å². The predicted molar refractivity (Wildman–Crippen MR) is 229 cm³/mol. The van der Waals surface area contributed by atoms with Gasteiger partial charge in [0.25, 0.3) is 0 Å². The molecular weight excluding hydrogens is 685 g/mol. The van der Waals surface area contributed by atoms with E-state index < -0.39 is 0 Å². The number of para-hydroxylation sites is 2. The molecule has 8 aromatic carbocycles. The smallest absolute Gasteiger partial charge is 0.164 e. The molecule has 0 aliphatic carbocycles. The molecule has 0 fully saturated rings. The highest BCUT2D eigenvalue weighted by Gasteiger charge is 2.20. The summed E-state index contributed by atoms with van der Waals surface area (Å²) in [5, 5.41) is 4.52. The first kappa shape index (κ1) is 31.9. The van der Waals surface area contributed by atoms with E-state index in [0.29, 0.717) is 17.5 Å². The summed E-state index contributed by atoms with van der Waals surface area (Å²) in [6.45, 7) is 0. The van der Waals surface area contributed by atoms with Gasteiger partial charge in [0.15, 0.2) is 17.5 Å². The largest absolute Gasteiger partial charge is 0.456 e. The molecule has 0 aliphatic heterocycles. The normalized spacial score (nSPS) is 11.6. The number of furan rings is 1. The standard InChI is InChI=1S/C51H32N4O/c1-5-15-33(16-6-1)36-25-27-39(44(29-36)51-53-49(34-17-7-2-8-18-34)52-50(54-51)35-19-9-3-10-20-35)37-26-28-47-42(30-37)43-31-41-40-23-13-14-24-45(40)55(38-21-11-4-12-22-38)46(41)32-48(43)56-47/h1-32H. The SMILES string of the molecule is c1ccc(-c2ccc(-c3ccc4oc5cc6c(cc5c4c3)c3ccccc3n6-c3ccccc3)c(-c3nc(-c4ccccc4)nc(-c4ccccc4)n3)c2)cc1. The lowest BCUT2D eigenvalue weighted by Crippen LogP contribution is -2.01. The average molecular weight is 717 g/mol. The molecule has 0 saturated heterocycles. The second-order valence-electron chi connectivity index (χ2n) is 14.0. The number of hydrogen-bond donors (Lipinski definition) is 0. The van der Waals surface area contributed by atoms with E-state index in [1.165, 1.54) is 10.8 Å². The highest BCUT2D eigenvalue weighted by molar-refractivity contribution is 6.17. The average Bonchev–Trinajstić information content (AvgIpc) is 3.80. The Kier molecular flexibility index (Phi) is 7.42. The minimum atomic E-state index is 0.609. The van der Waals surface area contributed by atoms with Gasteiger partial charge >= 0.3 is 0 Å². The molecule has 56 heavy (non-hydrogen) atoms. The molecule has 11 rings (SSSR count). The van der Waals surface area contributed by atoms with Crippen LogP contribution in [-0.2, 0) is 0 Å². The highest BCUT2D eigenvalue weighted by atomic mass is 16.3. The summed E-state index contributed by atoms with van der Waals surface area (Å²) in [6, 6.07) is 67.4. The van der Waals surface area contributed by atoms with Crippen molar-refractivity contribution in [2.75, 3.05) is 0 Å². The van der Waals surface area contributed by atoms with Crippen molar-refractivity contribution < 1.29 is 4.42 Å². The number of fused-ring (bicyclic) bond motifs is 6. The van der Waals surface area contributed by atoms with Crippen molar-refractivity contribution >= 4 is 43.7 Å². The molecule has 5 nitrogen and oxygen atoms in total. The number of aromatic nitrogens is 4. The lowest BCUT2D eigenvalue weighted by atomic mass is 9.93. The van der Waals surface area contributed by atoms with Crippen LogP contribution in [0.3, 0.4) is 0 Å². The van der Waals surface area contributed by atoms with Gasteiger partial charge in [0.1, 0.15) is 11.2 Å². The third-order valence-corrected chi connectivity index (χ3v) is 10.7. The maximum Gasteiger partial charge on any atom is 0.164 e. The van der Waals surface area contributed by atoms with Gasteiger partial charge in [-0.25, -0.2) is 15.0 Å². The van der Waals surface area contributed by atoms with Crippen LogP contribution in [0.1, 0.15) is 0 Å². The number of hydrogen-bond acceptors (Lipinski definition) is 4. The Morgan fingerprint density at radius 2 is 0.893 bits per heavy atom. The minimum absolute atomic E-state index is 0.609. The van der Waals surface area contributed by atoms with Gasteiger partial charge in [0, 0.05) is 50.0 Å². The minimum Gasteiger partial charge on any atom is -0.456 e. The van der Waals surface area contributed by atoms with Crippen molar-refractivity contribution in [1.29, 1.82) is 0 Å². The Hall–Kier alpha value is -7.63. The Morgan fingerprint density at radius 1 is 0.321 bits per heavy atom. The molecular formula is C51H32N4O. The zero-order valence-electron chi connectivity index (χ0n) is 30.2. The number of benzene rings is 8. The molecule has 0 aliphatic rings. The van der Waals surface area contributed by atoms with Gasteiger partial charge in [-0.05, 0) is 64.7 Å². The van der Waals surface area contributed by atoms with Crippen LogP contribution in [0.2, 0.25) is 0 Å². The molecule has 0 radical (unpaired) electrons. The molecule has 0 bridgehead atoms. The van der Waals surface area contributed by atoms with Gasteiger partial charge in [0.2, 0.25) is 0 Å². The summed E-state index contributed by atoms with van der Waals surface area (Å²) < 4.78 is 8.94. The predicted octanol–water partition coefficient (Wildman–Crippen LogP) is 13.2. The molecule has 11 aromatic rings. The maximum absolute atomic E-state index is 6.61. The van der Waals surface area contributed by atoms with Crippen LogP contribution in [-0.4, -0.2) is 19.5 Å². The quantitative estimate of drug-likeness (QED) is 0.172. The molecule has 0 amide bonds. The third kappa shape index (κ3) is 5.37. The van der Waals surface area contributed by atoms with E-state index in [4.69, 9.17) is 19.4 Å². The van der Waals surface area contributed by atoms with Crippen LogP contribution in [0, 0.1) is 0 Å². The molecule has 0 unspecified atom stereocenters. The topological polar surface area (TPSA) is 56.7 Å². The van der Waals surface area contributed by atoms with Crippen LogP contribution in [0.15, 0.2) is 199 Å². The fourth-order valence-corrected chi connectivity index (χ4v) is 7.98. The summed E-state index contributed by atoms with van der Waals surface area (Å²) in [7, 11) is 0. The molecule has 3 heterocycles. The zero-order chi connectivity index (χ0) is 37.0. The van der Waals surface area contributed by atoms with Crippen molar-refractivity contribution in [3.05, 3.63) is 194 Å². The van der Waals surface area contributed by atoms with E-state index in [1.54, 1.807) is 0 Å². The Bertz CT molecular complexity index is 3170. The maximum atomic E-state index is 6.61. The van der Waals surface area contributed by atoms with E-state index in [0.717, 1.165) is 77.6 Å².